The van der Waals surface area contributed by atoms with E-state index in [4.69, 9.17) is 15.6 Å². The van der Waals surface area contributed by atoms with Crippen molar-refractivity contribution in [3.8, 4) is 0 Å². The Labute approximate surface area is 213 Å². The van der Waals surface area contributed by atoms with Crippen LogP contribution in [0.2, 0.25) is 0 Å². The van der Waals surface area contributed by atoms with E-state index in [0.29, 0.717) is 44.7 Å². The molecule has 2 aliphatic heterocycles. The van der Waals surface area contributed by atoms with Crippen molar-refractivity contribution < 1.29 is 24.2 Å². The maximum atomic E-state index is 12.8. The predicted octanol–water partition coefficient (Wildman–Crippen LogP) is 3.60. The second kappa shape index (κ2) is 13.3. The van der Waals surface area contributed by atoms with E-state index in [9.17, 15) is 14.4 Å². The average molecular weight is 509 g/mol. The summed E-state index contributed by atoms with van der Waals surface area (Å²) in [6.07, 6.45) is 3.28. The zero-order chi connectivity index (χ0) is 24.7. The number of hydrogen-bond donors (Lipinski definition) is 2. The molecule has 0 aromatic heterocycles. The van der Waals surface area contributed by atoms with E-state index in [1.807, 2.05) is 24.3 Å². The Bertz CT molecular complexity index is 900. The molecule has 0 bridgehead atoms. The Morgan fingerprint density at radius 3 is 2.43 bits per heavy atom. The topological polar surface area (TPSA) is 126 Å². The average Bonchev–Trinajstić information content (AvgIpc) is 2.81. The molecule has 2 heterocycles. The number of ether oxygens (including phenoxy) is 1. The zero-order valence-corrected chi connectivity index (χ0v) is 21.3. The van der Waals surface area contributed by atoms with Gasteiger partial charge in [-0.05, 0) is 30.7 Å². The van der Waals surface area contributed by atoms with Crippen LogP contribution in [-0.2, 0) is 14.3 Å². The maximum absolute atomic E-state index is 12.8. The molecular weight excluding hydrogens is 472 g/mol. The third-order valence-electron chi connectivity index (χ3n) is 6.73. The number of benzene rings is 1. The molecule has 2 aliphatic rings. The number of likely N-dealkylation sites (tertiary alicyclic amines) is 1. The molecule has 3 N–H and O–H groups in total. The first-order valence-corrected chi connectivity index (χ1v) is 12.1. The number of carbonyl (C=O) groups excluding carboxylic acids is 2. The zero-order valence-electron chi connectivity index (χ0n) is 20.5. The number of carboxylic acid groups (broad SMARTS) is 1. The molecule has 194 valence electrons. The molecule has 9 nitrogen and oxygen atoms in total. The fourth-order valence-electron chi connectivity index (χ4n) is 4.58. The molecule has 1 aromatic carbocycles. The molecular formula is C25H37ClN4O5. The highest BCUT2D eigenvalue weighted by Gasteiger charge is 2.36. The lowest BCUT2D eigenvalue weighted by molar-refractivity contribution is -0.139. The van der Waals surface area contributed by atoms with Crippen LogP contribution < -0.4 is 5.73 Å². The van der Waals surface area contributed by atoms with Gasteiger partial charge in [0.05, 0.1) is 12.5 Å². The van der Waals surface area contributed by atoms with Crippen LogP contribution >= 0.6 is 12.4 Å². The summed E-state index contributed by atoms with van der Waals surface area (Å²) in [6, 6.07) is 7.52. The van der Waals surface area contributed by atoms with Crippen LogP contribution in [0, 0.1) is 5.92 Å². The first kappa shape index (κ1) is 28.4. The lowest BCUT2D eigenvalue weighted by atomic mass is 9.92. The third kappa shape index (κ3) is 7.85. The summed E-state index contributed by atoms with van der Waals surface area (Å²) >= 11 is 0. The van der Waals surface area contributed by atoms with Crippen LogP contribution in [0.25, 0.3) is 0 Å². The number of piperidine rings is 1. The Kier molecular flexibility index (Phi) is 10.8. The highest BCUT2D eigenvalue weighted by Crippen LogP contribution is 2.32. The Morgan fingerprint density at radius 2 is 1.83 bits per heavy atom. The molecule has 1 aromatic rings. The molecule has 35 heavy (non-hydrogen) atoms. The monoisotopic (exact) mass is 508 g/mol. The summed E-state index contributed by atoms with van der Waals surface area (Å²) in [4.78, 5) is 44.0. The van der Waals surface area contributed by atoms with E-state index < -0.39 is 18.2 Å². The normalized spacial score (nSPS) is 21.3. The Morgan fingerprint density at radius 1 is 1.17 bits per heavy atom. The summed E-state index contributed by atoms with van der Waals surface area (Å²) < 4.78 is 5.53. The van der Waals surface area contributed by atoms with Gasteiger partial charge in [-0.15, -0.1) is 12.4 Å². The van der Waals surface area contributed by atoms with Gasteiger partial charge in [0.15, 0.2) is 0 Å². The number of cyclic esters (lactones) is 1. The number of amidine groups is 1. The number of aliphatic imine (C=N–C) groups is 1. The van der Waals surface area contributed by atoms with E-state index >= 15 is 0 Å². The van der Waals surface area contributed by atoms with Crippen molar-refractivity contribution in [3.63, 3.8) is 0 Å². The van der Waals surface area contributed by atoms with E-state index in [1.54, 1.807) is 16.8 Å². The second-order valence-electron chi connectivity index (χ2n) is 9.24. The van der Waals surface area contributed by atoms with E-state index in [2.05, 4.69) is 11.9 Å². The second-order valence-corrected chi connectivity index (χ2v) is 9.24. The standard InChI is InChI=1S/C25H36N4O5.ClH/c1-3-4-11-27-24(26)19-7-5-18(6-8-19)21-15-20(34-25(33)28(21)2)16-22(30)29-12-9-17(10-13-29)14-23(31)32;/h5-8,17,20-21H,3-4,9-16H2,1-2H3,(H2,26,27)(H,31,32);1H/t20-,21+;/m1./s1. The molecule has 0 radical (unpaired) electrons. The number of halogens is 1. The Balaban J connectivity index is 0.00000432. The van der Waals surface area contributed by atoms with Crippen molar-refractivity contribution in [2.75, 3.05) is 26.7 Å². The summed E-state index contributed by atoms with van der Waals surface area (Å²) in [6.45, 7) is 3.90. The van der Waals surface area contributed by atoms with Crippen LogP contribution in [0.4, 0.5) is 4.79 Å². The fourth-order valence-corrected chi connectivity index (χ4v) is 4.58. The smallest absolute Gasteiger partial charge is 0.410 e. The number of unbranched alkanes of at least 4 members (excludes halogenated alkanes) is 1. The first-order chi connectivity index (χ1) is 16.3. The van der Waals surface area contributed by atoms with Gasteiger partial charge in [-0.2, -0.15) is 0 Å². The molecule has 10 heteroatoms. The molecule has 0 unspecified atom stereocenters. The number of nitrogens with two attached hydrogens (primary N) is 1. The van der Waals surface area contributed by atoms with Crippen LogP contribution in [0.5, 0.6) is 0 Å². The number of nitrogens with zero attached hydrogens (tertiary/aromatic N) is 3. The number of hydrogen-bond acceptors (Lipinski definition) is 5. The van der Waals surface area contributed by atoms with E-state index in [0.717, 1.165) is 24.0 Å². The van der Waals surface area contributed by atoms with Crippen molar-refractivity contribution in [2.45, 2.75) is 64.0 Å². The van der Waals surface area contributed by atoms with Gasteiger partial charge < -0.3 is 25.4 Å². The molecule has 2 fully saturated rings. The number of amides is 2. The highest BCUT2D eigenvalue weighted by molar-refractivity contribution is 5.97. The molecule has 2 atom stereocenters. The van der Waals surface area contributed by atoms with Gasteiger partial charge >= 0.3 is 12.1 Å². The van der Waals surface area contributed by atoms with Crippen molar-refractivity contribution in [1.29, 1.82) is 0 Å². The number of aliphatic carboxylic acids is 1. The van der Waals surface area contributed by atoms with Crippen LogP contribution in [0.15, 0.2) is 29.3 Å². The van der Waals surface area contributed by atoms with Crippen molar-refractivity contribution in [2.24, 2.45) is 16.6 Å². The third-order valence-corrected chi connectivity index (χ3v) is 6.73. The molecule has 0 aliphatic carbocycles. The SMILES string of the molecule is CCCCN=C(N)c1ccc([C@@H]2C[C@H](CC(=O)N3CCC(CC(=O)O)CC3)OC(=O)N2C)cc1.Cl. The maximum Gasteiger partial charge on any atom is 0.410 e. The summed E-state index contributed by atoms with van der Waals surface area (Å²) in [7, 11) is 1.70. The van der Waals surface area contributed by atoms with Gasteiger partial charge in [-0.1, -0.05) is 37.6 Å². The predicted molar refractivity (Wildman–Crippen MR) is 136 cm³/mol. The minimum Gasteiger partial charge on any atom is -0.481 e. The van der Waals surface area contributed by atoms with Crippen LogP contribution in [0.1, 0.15) is 69.0 Å². The number of rotatable bonds is 9. The summed E-state index contributed by atoms with van der Waals surface area (Å²) in [5.41, 5.74) is 7.89. The van der Waals surface area contributed by atoms with E-state index in [-0.39, 0.29) is 43.1 Å². The summed E-state index contributed by atoms with van der Waals surface area (Å²) in [5.74, 6) is -0.234. The number of carbonyl (C=O) groups is 3. The molecule has 0 saturated carbocycles. The fraction of sp³-hybridized carbons (Fsp3) is 0.600. The van der Waals surface area contributed by atoms with Crippen molar-refractivity contribution in [3.05, 3.63) is 35.4 Å². The number of carboxylic acids is 1. The highest BCUT2D eigenvalue weighted by atomic mass is 35.5. The quantitative estimate of drug-likeness (QED) is 0.298. The lowest BCUT2D eigenvalue weighted by Gasteiger charge is -2.38. The van der Waals surface area contributed by atoms with E-state index in [1.165, 1.54) is 0 Å². The first-order valence-electron chi connectivity index (χ1n) is 12.1. The van der Waals surface area contributed by atoms with Gasteiger partial charge in [0.2, 0.25) is 5.91 Å². The molecule has 0 spiro atoms. The molecule has 2 saturated heterocycles. The molecule has 2 amide bonds. The van der Waals surface area contributed by atoms with Gasteiger partial charge in [0.25, 0.3) is 0 Å². The van der Waals surface area contributed by atoms with Crippen molar-refractivity contribution >= 4 is 36.2 Å². The van der Waals surface area contributed by atoms with Gasteiger partial charge in [0.1, 0.15) is 11.9 Å². The van der Waals surface area contributed by atoms with Gasteiger partial charge in [0, 0.05) is 45.1 Å². The lowest BCUT2D eigenvalue weighted by Crippen LogP contribution is -2.45. The summed E-state index contributed by atoms with van der Waals surface area (Å²) in [5, 5.41) is 8.96. The minimum atomic E-state index is -0.798. The van der Waals surface area contributed by atoms with Crippen LogP contribution in [0.3, 0.4) is 0 Å². The van der Waals surface area contributed by atoms with Gasteiger partial charge in [-0.25, -0.2) is 4.79 Å². The largest absolute Gasteiger partial charge is 0.481 e. The Hall–Kier alpha value is -2.81. The minimum absolute atomic E-state index is 0. The molecule has 3 rings (SSSR count). The van der Waals surface area contributed by atoms with Crippen molar-refractivity contribution in [1.82, 2.24) is 9.80 Å². The van der Waals surface area contributed by atoms with Crippen LogP contribution in [-0.4, -0.2) is 71.5 Å². The van der Waals surface area contributed by atoms with Gasteiger partial charge in [-0.3, -0.25) is 14.6 Å².